The summed E-state index contributed by atoms with van der Waals surface area (Å²) in [5, 5.41) is 0. The van der Waals surface area contributed by atoms with Crippen molar-refractivity contribution in [1.82, 2.24) is 4.98 Å². The molecular weight excluding hydrogens is 166 g/mol. The number of alkyl halides is 2. The summed E-state index contributed by atoms with van der Waals surface area (Å²) in [5.41, 5.74) is 5.39. The van der Waals surface area contributed by atoms with Gasteiger partial charge in [0.15, 0.2) is 0 Å². The molecule has 5 heteroatoms. The SMILES string of the molecule is CC(N)c1cnc(C(C)(F)F)o1. The fraction of sp³-hybridized carbons (Fsp3) is 0.571. The minimum Gasteiger partial charge on any atom is -0.439 e. The molecule has 1 heterocycles. The Morgan fingerprint density at radius 3 is 2.50 bits per heavy atom. The minimum atomic E-state index is -3.03. The van der Waals surface area contributed by atoms with Gasteiger partial charge in [0.25, 0.3) is 5.89 Å². The summed E-state index contributed by atoms with van der Waals surface area (Å²) < 4.78 is 29.8. The van der Waals surface area contributed by atoms with Gasteiger partial charge in [-0.25, -0.2) is 4.98 Å². The van der Waals surface area contributed by atoms with Gasteiger partial charge in [0.1, 0.15) is 5.76 Å². The zero-order valence-electron chi connectivity index (χ0n) is 6.84. The third-order valence-electron chi connectivity index (χ3n) is 1.35. The van der Waals surface area contributed by atoms with Crippen LogP contribution < -0.4 is 5.73 Å². The molecule has 1 unspecified atom stereocenters. The Kier molecular flexibility index (Phi) is 2.14. The summed E-state index contributed by atoms with van der Waals surface area (Å²) in [5.74, 6) is -3.35. The lowest BCUT2D eigenvalue weighted by molar-refractivity contribution is -0.0120. The van der Waals surface area contributed by atoms with Gasteiger partial charge in [-0.3, -0.25) is 0 Å². The van der Waals surface area contributed by atoms with Crippen LogP contribution in [-0.2, 0) is 5.92 Å². The number of nitrogens with zero attached hydrogens (tertiary/aromatic N) is 1. The molecule has 2 N–H and O–H groups in total. The number of hydrogen-bond acceptors (Lipinski definition) is 3. The first-order valence-electron chi connectivity index (χ1n) is 3.51. The van der Waals surface area contributed by atoms with Crippen molar-refractivity contribution >= 4 is 0 Å². The van der Waals surface area contributed by atoms with E-state index >= 15 is 0 Å². The van der Waals surface area contributed by atoms with Crippen LogP contribution in [0.15, 0.2) is 10.6 Å². The van der Waals surface area contributed by atoms with Crippen molar-refractivity contribution in [1.29, 1.82) is 0 Å². The second kappa shape index (κ2) is 2.82. The highest BCUT2D eigenvalue weighted by molar-refractivity contribution is 5.01. The van der Waals surface area contributed by atoms with Gasteiger partial charge in [0.2, 0.25) is 0 Å². The maximum Gasteiger partial charge on any atom is 0.319 e. The topological polar surface area (TPSA) is 52.0 Å². The van der Waals surface area contributed by atoms with Gasteiger partial charge in [0.05, 0.1) is 12.2 Å². The Hall–Kier alpha value is -0.970. The molecule has 68 valence electrons. The predicted octanol–water partition coefficient (Wildman–Crippen LogP) is 1.81. The lowest BCUT2D eigenvalue weighted by Crippen LogP contribution is -2.07. The monoisotopic (exact) mass is 176 g/mol. The molecule has 1 aromatic rings. The molecule has 1 atom stereocenters. The van der Waals surface area contributed by atoms with Crippen LogP contribution >= 0.6 is 0 Å². The molecule has 0 aromatic carbocycles. The standard InChI is InChI=1S/C7H10F2N2O/c1-4(10)5-3-11-6(12-5)7(2,8)9/h3-4H,10H2,1-2H3. The molecule has 0 aliphatic carbocycles. The maximum absolute atomic E-state index is 12.5. The summed E-state index contributed by atoms with van der Waals surface area (Å²) in [6.45, 7) is 2.36. The summed E-state index contributed by atoms with van der Waals surface area (Å²) in [4.78, 5) is 3.41. The number of oxazole rings is 1. The first kappa shape index (κ1) is 9.12. The van der Waals surface area contributed by atoms with E-state index in [1.165, 1.54) is 6.20 Å². The smallest absolute Gasteiger partial charge is 0.319 e. The second-order valence-electron chi connectivity index (χ2n) is 2.74. The number of hydrogen-bond donors (Lipinski definition) is 1. The number of rotatable bonds is 2. The van der Waals surface area contributed by atoms with E-state index in [1.807, 2.05) is 0 Å². The highest BCUT2D eigenvalue weighted by atomic mass is 19.3. The van der Waals surface area contributed by atoms with E-state index < -0.39 is 17.9 Å². The highest BCUT2D eigenvalue weighted by Crippen LogP contribution is 2.27. The van der Waals surface area contributed by atoms with Gasteiger partial charge in [-0.15, -0.1) is 0 Å². The number of aromatic nitrogens is 1. The maximum atomic E-state index is 12.5. The summed E-state index contributed by atoms with van der Waals surface area (Å²) in [7, 11) is 0. The second-order valence-corrected chi connectivity index (χ2v) is 2.74. The van der Waals surface area contributed by atoms with Crippen molar-refractivity contribution in [3.63, 3.8) is 0 Å². The Morgan fingerprint density at radius 1 is 1.67 bits per heavy atom. The van der Waals surface area contributed by atoms with Gasteiger partial charge in [0, 0.05) is 6.92 Å². The van der Waals surface area contributed by atoms with E-state index in [-0.39, 0.29) is 5.76 Å². The molecule has 0 saturated heterocycles. The molecule has 0 aliphatic heterocycles. The van der Waals surface area contributed by atoms with Gasteiger partial charge >= 0.3 is 5.92 Å². The number of halogens is 2. The van der Waals surface area contributed by atoms with Crippen LogP contribution in [0.1, 0.15) is 31.5 Å². The third-order valence-corrected chi connectivity index (χ3v) is 1.35. The molecule has 1 aromatic heterocycles. The Morgan fingerprint density at radius 2 is 2.25 bits per heavy atom. The Balaban J connectivity index is 2.92. The lowest BCUT2D eigenvalue weighted by Gasteiger charge is -2.03. The van der Waals surface area contributed by atoms with E-state index in [9.17, 15) is 8.78 Å². The van der Waals surface area contributed by atoms with Crippen LogP contribution in [0, 0.1) is 0 Å². The quantitative estimate of drug-likeness (QED) is 0.747. The van der Waals surface area contributed by atoms with E-state index in [1.54, 1.807) is 6.92 Å². The predicted molar refractivity (Wildman–Crippen MR) is 38.7 cm³/mol. The first-order valence-corrected chi connectivity index (χ1v) is 3.51. The van der Waals surface area contributed by atoms with Crippen molar-refractivity contribution in [3.8, 4) is 0 Å². The largest absolute Gasteiger partial charge is 0.439 e. The van der Waals surface area contributed by atoms with Gasteiger partial charge < -0.3 is 10.2 Å². The Labute approximate surface area is 68.6 Å². The zero-order chi connectivity index (χ0) is 9.35. The molecule has 1 rings (SSSR count). The molecule has 0 fully saturated rings. The van der Waals surface area contributed by atoms with E-state index in [4.69, 9.17) is 10.2 Å². The highest BCUT2D eigenvalue weighted by Gasteiger charge is 2.30. The zero-order valence-corrected chi connectivity index (χ0v) is 6.84. The van der Waals surface area contributed by atoms with Crippen molar-refractivity contribution in [3.05, 3.63) is 17.8 Å². The molecule has 0 bridgehead atoms. The minimum absolute atomic E-state index is 0.270. The van der Waals surface area contributed by atoms with Gasteiger partial charge in [-0.2, -0.15) is 8.78 Å². The summed E-state index contributed by atoms with van der Waals surface area (Å²) in [6.07, 6.45) is 1.22. The summed E-state index contributed by atoms with van der Waals surface area (Å²) >= 11 is 0. The van der Waals surface area contributed by atoms with Crippen molar-refractivity contribution in [2.75, 3.05) is 0 Å². The normalized spacial score (nSPS) is 14.8. The van der Waals surface area contributed by atoms with Gasteiger partial charge in [-0.05, 0) is 6.92 Å². The van der Waals surface area contributed by atoms with Crippen LogP contribution in [0.4, 0.5) is 8.78 Å². The van der Waals surface area contributed by atoms with Crippen LogP contribution in [0.25, 0.3) is 0 Å². The molecular formula is C7H10F2N2O. The van der Waals surface area contributed by atoms with Crippen LogP contribution in [-0.4, -0.2) is 4.98 Å². The molecule has 3 nitrogen and oxygen atoms in total. The van der Waals surface area contributed by atoms with E-state index in [2.05, 4.69) is 4.98 Å². The fourth-order valence-corrected chi connectivity index (χ4v) is 0.700. The average molecular weight is 176 g/mol. The van der Waals surface area contributed by atoms with Crippen molar-refractivity contribution in [2.24, 2.45) is 5.73 Å². The summed E-state index contributed by atoms with van der Waals surface area (Å²) in [6, 6.07) is -0.409. The van der Waals surface area contributed by atoms with Crippen LogP contribution in [0.2, 0.25) is 0 Å². The molecule has 0 aliphatic rings. The van der Waals surface area contributed by atoms with Crippen molar-refractivity contribution < 1.29 is 13.2 Å². The van der Waals surface area contributed by atoms with E-state index in [0.29, 0.717) is 0 Å². The van der Waals surface area contributed by atoms with E-state index in [0.717, 1.165) is 6.92 Å². The Bertz CT molecular complexity index is 265. The average Bonchev–Trinajstić information content (AvgIpc) is 2.30. The molecule has 0 radical (unpaired) electrons. The lowest BCUT2D eigenvalue weighted by atomic mass is 10.3. The van der Waals surface area contributed by atoms with Crippen LogP contribution in [0.3, 0.4) is 0 Å². The van der Waals surface area contributed by atoms with Gasteiger partial charge in [-0.1, -0.05) is 0 Å². The third kappa shape index (κ3) is 1.79. The number of nitrogens with two attached hydrogens (primary N) is 1. The first-order chi connectivity index (χ1) is 5.41. The molecule has 0 amide bonds. The van der Waals surface area contributed by atoms with Crippen molar-refractivity contribution in [2.45, 2.75) is 25.8 Å². The fourth-order valence-electron chi connectivity index (χ4n) is 0.700. The molecule has 0 spiro atoms. The molecule has 12 heavy (non-hydrogen) atoms. The van der Waals surface area contributed by atoms with Crippen LogP contribution in [0.5, 0.6) is 0 Å². The molecule has 0 saturated carbocycles.